The van der Waals surface area contributed by atoms with Gasteiger partial charge in [-0.05, 0) is 42.4 Å². The standard InChI is InChI=1S/C22H29N3O5/c1-22(2)12-15(27)11-16(22)19(28)24-20(29)18-4-3-9-25(18)21(30)17(23)10-13-5-7-14(26)8-6-13/h5-8,16-18,26H,3-4,9-12,23H2,1-2H3,(H,24,28,29)/t16?,17-,18-/m0/s1. The summed E-state index contributed by atoms with van der Waals surface area (Å²) in [6.07, 6.45) is 1.85. The number of aromatic hydroxyl groups is 1. The van der Waals surface area contributed by atoms with Crippen molar-refractivity contribution in [2.24, 2.45) is 17.1 Å². The molecule has 8 nitrogen and oxygen atoms in total. The molecule has 2 fully saturated rings. The van der Waals surface area contributed by atoms with E-state index < -0.39 is 35.2 Å². The van der Waals surface area contributed by atoms with Crippen molar-refractivity contribution in [3.05, 3.63) is 29.8 Å². The van der Waals surface area contributed by atoms with E-state index in [1.54, 1.807) is 12.1 Å². The largest absolute Gasteiger partial charge is 0.508 e. The quantitative estimate of drug-likeness (QED) is 0.613. The minimum absolute atomic E-state index is 0.0190. The molecule has 3 rings (SSSR count). The van der Waals surface area contributed by atoms with Gasteiger partial charge in [-0.25, -0.2) is 0 Å². The number of nitrogens with two attached hydrogens (primary N) is 1. The summed E-state index contributed by atoms with van der Waals surface area (Å²) in [4.78, 5) is 51.4. The maximum Gasteiger partial charge on any atom is 0.249 e. The van der Waals surface area contributed by atoms with Crippen LogP contribution >= 0.6 is 0 Å². The number of hydrogen-bond acceptors (Lipinski definition) is 6. The van der Waals surface area contributed by atoms with Gasteiger partial charge in [0.15, 0.2) is 0 Å². The maximum absolute atomic E-state index is 12.9. The number of carbonyl (C=O) groups is 4. The molecule has 1 aromatic carbocycles. The minimum Gasteiger partial charge on any atom is -0.508 e. The van der Waals surface area contributed by atoms with Gasteiger partial charge in [-0.15, -0.1) is 0 Å². The first kappa shape index (κ1) is 22.0. The van der Waals surface area contributed by atoms with Gasteiger partial charge in [-0.2, -0.15) is 0 Å². The zero-order valence-electron chi connectivity index (χ0n) is 17.4. The number of nitrogens with zero attached hydrogens (tertiary/aromatic N) is 1. The monoisotopic (exact) mass is 415 g/mol. The van der Waals surface area contributed by atoms with Gasteiger partial charge >= 0.3 is 0 Å². The summed E-state index contributed by atoms with van der Waals surface area (Å²) in [5.74, 6) is -1.71. The summed E-state index contributed by atoms with van der Waals surface area (Å²) in [5, 5.41) is 11.8. The lowest BCUT2D eigenvalue weighted by molar-refractivity contribution is -0.143. The summed E-state index contributed by atoms with van der Waals surface area (Å²) in [5.41, 5.74) is 6.41. The molecule has 0 radical (unpaired) electrons. The van der Waals surface area contributed by atoms with Crippen LogP contribution in [0.3, 0.4) is 0 Å². The molecule has 8 heteroatoms. The summed E-state index contributed by atoms with van der Waals surface area (Å²) in [7, 11) is 0. The number of phenols is 1. The second kappa shape index (κ2) is 8.55. The van der Waals surface area contributed by atoms with Crippen molar-refractivity contribution >= 4 is 23.5 Å². The molecule has 2 aliphatic rings. The Hall–Kier alpha value is -2.74. The Morgan fingerprint density at radius 3 is 2.50 bits per heavy atom. The van der Waals surface area contributed by atoms with E-state index in [9.17, 15) is 24.3 Å². The van der Waals surface area contributed by atoms with E-state index in [0.29, 0.717) is 25.8 Å². The van der Waals surface area contributed by atoms with Crippen LogP contribution in [0.4, 0.5) is 0 Å². The molecule has 3 amide bonds. The molecule has 162 valence electrons. The van der Waals surface area contributed by atoms with Crippen LogP contribution in [0.1, 0.15) is 45.1 Å². The highest BCUT2D eigenvalue weighted by molar-refractivity contribution is 6.03. The van der Waals surface area contributed by atoms with E-state index >= 15 is 0 Å². The number of phenolic OH excluding ortho intramolecular Hbond substituents is 1. The number of nitrogens with one attached hydrogen (secondary N) is 1. The number of rotatable bonds is 5. The molecule has 1 aliphatic heterocycles. The normalized spacial score (nSPS) is 24.0. The number of ketones is 1. The Kier molecular flexibility index (Phi) is 6.26. The summed E-state index contributed by atoms with van der Waals surface area (Å²) in [6, 6.07) is 4.87. The van der Waals surface area contributed by atoms with Gasteiger partial charge in [0.05, 0.1) is 12.0 Å². The molecule has 0 bridgehead atoms. The molecule has 1 saturated carbocycles. The molecular weight excluding hydrogens is 386 g/mol. The predicted octanol–water partition coefficient (Wildman–Crippen LogP) is 0.901. The Morgan fingerprint density at radius 2 is 1.90 bits per heavy atom. The van der Waals surface area contributed by atoms with Crippen LogP contribution in [0.25, 0.3) is 0 Å². The molecule has 1 heterocycles. The molecule has 0 spiro atoms. The smallest absolute Gasteiger partial charge is 0.249 e. The molecule has 3 atom stereocenters. The fourth-order valence-electron chi connectivity index (χ4n) is 4.44. The molecule has 1 aromatic rings. The van der Waals surface area contributed by atoms with Crippen LogP contribution in [-0.4, -0.2) is 52.1 Å². The molecule has 1 aliphatic carbocycles. The zero-order chi connectivity index (χ0) is 22.1. The van der Waals surface area contributed by atoms with Gasteiger partial charge in [0.1, 0.15) is 17.6 Å². The van der Waals surface area contributed by atoms with Gasteiger partial charge in [0.25, 0.3) is 0 Å². The highest BCUT2D eigenvalue weighted by Gasteiger charge is 2.45. The van der Waals surface area contributed by atoms with Crippen LogP contribution in [0.2, 0.25) is 0 Å². The number of Topliss-reactive ketones (excluding diaryl/α,β-unsaturated/α-hetero) is 1. The van der Waals surface area contributed by atoms with Crippen molar-refractivity contribution in [1.82, 2.24) is 10.2 Å². The molecule has 30 heavy (non-hydrogen) atoms. The molecule has 1 saturated heterocycles. The Labute approximate surface area is 175 Å². The highest BCUT2D eigenvalue weighted by Crippen LogP contribution is 2.40. The number of benzene rings is 1. The fourth-order valence-corrected chi connectivity index (χ4v) is 4.44. The Bertz CT molecular complexity index is 849. The van der Waals surface area contributed by atoms with E-state index in [-0.39, 0.29) is 30.3 Å². The van der Waals surface area contributed by atoms with E-state index in [1.807, 2.05) is 13.8 Å². The van der Waals surface area contributed by atoms with Crippen LogP contribution in [0, 0.1) is 11.3 Å². The van der Waals surface area contributed by atoms with Crippen molar-refractivity contribution in [2.45, 2.75) is 58.0 Å². The second-order valence-corrected chi connectivity index (χ2v) is 8.98. The zero-order valence-corrected chi connectivity index (χ0v) is 17.4. The third-order valence-electron chi connectivity index (χ3n) is 6.14. The van der Waals surface area contributed by atoms with Gasteiger partial charge in [-0.1, -0.05) is 26.0 Å². The minimum atomic E-state index is -0.829. The first-order chi connectivity index (χ1) is 14.1. The lowest BCUT2D eigenvalue weighted by Gasteiger charge is -2.28. The van der Waals surface area contributed by atoms with E-state index in [2.05, 4.69) is 5.32 Å². The summed E-state index contributed by atoms with van der Waals surface area (Å²) in [6.45, 7) is 4.10. The van der Waals surface area contributed by atoms with Crippen LogP contribution in [0.5, 0.6) is 5.75 Å². The topological polar surface area (TPSA) is 130 Å². The summed E-state index contributed by atoms with van der Waals surface area (Å²) < 4.78 is 0. The lowest BCUT2D eigenvalue weighted by Crippen LogP contribution is -2.53. The SMILES string of the molecule is CC1(C)CC(=O)CC1C(=O)NC(=O)[C@@H]1CCCN1C(=O)[C@@H](N)Cc1ccc(O)cc1. The van der Waals surface area contributed by atoms with E-state index in [1.165, 1.54) is 17.0 Å². The van der Waals surface area contributed by atoms with E-state index in [0.717, 1.165) is 5.56 Å². The Balaban J connectivity index is 1.62. The summed E-state index contributed by atoms with van der Waals surface area (Å²) >= 11 is 0. The van der Waals surface area contributed by atoms with Gasteiger partial charge < -0.3 is 15.7 Å². The predicted molar refractivity (Wildman–Crippen MR) is 109 cm³/mol. The van der Waals surface area contributed by atoms with Crippen molar-refractivity contribution in [3.63, 3.8) is 0 Å². The van der Waals surface area contributed by atoms with Gasteiger partial charge in [0.2, 0.25) is 17.7 Å². The van der Waals surface area contributed by atoms with Crippen LogP contribution in [-0.2, 0) is 25.6 Å². The third kappa shape index (κ3) is 4.70. The number of imide groups is 1. The number of amides is 3. The molecule has 4 N–H and O–H groups in total. The van der Waals surface area contributed by atoms with Crippen molar-refractivity contribution in [2.75, 3.05) is 6.54 Å². The fraction of sp³-hybridized carbons (Fsp3) is 0.545. The maximum atomic E-state index is 12.9. The first-order valence-corrected chi connectivity index (χ1v) is 10.3. The second-order valence-electron chi connectivity index (χ2n) is 8.98. The number of hydrogen-bond donors (Lipinski definition) is 3. The van der Waals surface area contributed by atoms with E-state index in [4.69, 9.17) is 5.73 Å². The van der Waals surface area contributed by atoms with Crippen molar-refractivity contribution in [1.29, 1.82) is 0 Å². The average Bonchev–Trinajstić information content (AvgIpc) is 3.26. The highest BCUT2D eigenvalue weighted by atomic mass is 16.3. The van der Waals surface area contributed by atoms with Crippen molar-refractivity contribution in [3.8, 4) is 5.75 Å². The first-order valence-electron chi connectivity index (χ1n) is 10.3. The number of carbonyl (C=O) groups excluding carboxylic acids is 4. The van der Waals surface area contributed by atoms with Crippen LogP contribution in [0.15, 0.2) is 24.3 Å². The molecular formula is C22H29N3O5. The third-order valence-corrected chi connectivity index (χ3v) is 6.14. The average molecular weight is 415 g/mol. The Morgan fingerprint density at radius 1 is 1.23 bits per heavy atom. The van der Waals surface area contributed by atoms with Crippen LogP contribution < -0.4 is 11.1 Å². The molecule has 0 aromatic heterocycles. The van der Waals surface area contributed by atoms with Gasteiger partial charge in [0, 0.05) is 19.4 Å². The molecule has 1 unspecified atom stereocenters. The number of likely N-dealkylation sites (tertiary alicyclic amines) is 1. The van der Waals surface area contributed by atoms with Crippen molar-refractivity contribution < 1.29 is 24.3 Å². The van der Waals surface area contributed by atoms with Gasteiger partial charge in [-0.3, -0.25) is 24.5 Å². The lowest BCUT2D eigenvalue weighted by atomic mass is 9.81.